The summed E-state index contributed by atoms with van der Waals surface area (Å²) in [6.45, 7) is 9.45. The highest BCUT2D eigenvalue weighted by Gasteiger charge is 2.18. The third-order valence-corrected chi connectivity index (χ3v) is 4.31. The molecule has 0 saturated carbocycles. The fourth-order valence-electron chi connectivity index (χ4n) is 1.56. The summed E-state index contributed by atoms with van der Waals surface area (Å²) in [6, 6.07) is 8.86. The van der Waals surface area contributed by atoms with Crippen LogP contribution in [0.5, 0.6) is 0 Å². The van der Waals surface area contributed by atoms with Gasteiger partial charge in [0.2, 0.25) is 0 Å². The Morgan fingerprint density at radius 3 is 2.08 bits per heavy atom. The number of benzene rings is 1. The van der Waals surface area contributed by atoms with Crippen LogP contribution in [0.2, 0.25) is 19.6 Å². The van der Waals surface area contributed by atoms with Crippen LogP contribution in [0.1, 0.15) is 12.5 Å². The van der Waals surface area contributed by atoms with Gasteiger partial charge in [0.05, 0.1) is 8.07 Å². The summed E-state index contributed by atoms with van der Waals surface area (Å²) in [6.07, 6.45) is 1.17. The normalized spacial score (nSPS) is 11.7. The molecule has 0 radical (unpaired) electrons. The lowest BCUT2D eigenvalue weighted by molar-refractivity contribution is 1.15. The van der Waals surface area contributed by atoms with Crippen LogP contribution in [-0.4, -0.2) is 8.07 Å². The van der Waals surface area contributed by atoms with Gasteiger partial charge in [-0.15, -0.1) is 0 Å². The fraction of sp³-hybridized carbons (Fsp3) is 0.455. The van der Waals surface area contributed by atoms with E-state index < -0.39 is 8.07 Å². The third kappa shape index (κ3) is 1.98. The van der Waals surface area contributed by atoms with Gasteiger partial charge < -0.3 is 0 Å². The fourth-order valence-corrected chi connectivity index (χ4v) is 3.38. The molecule has 1 heteroatoms. The quantitative estimate of drug-likeness (QED) is 0.611. The highest BCUT2D eigenvalue weighted by atomic mass is 28.3. The largest absolute Gasteiger partial charge is 0.0779 e. The molecular weight excluding hydrogens is 160 g/mol. The average Bonchev–Trinajstić information content (AvgIpc) is 2.03. The molecule has 1 aromatic rings. The third-order valence-electron chi connectivity index (χ3n) is 2.21. The van der Waals surface area contributed by atoms with Gasteiger partial charge in [-0.05, 0) is 12.0 Å². The lowest BCUT2D eigenvalue weighted by Gasteiger charge is -2.20. The van der Waals surface area contributed by atoms with Crippen molar-refractivity contribution in [3.63, 3.8) is 0 Å². The molecule has 0 bridgehead atoms. The van der Waals surface area contributed by atoms with Crippen LogP contribution in [0.15, 0.2) is 24.3 Å². The van der Waals surface area contributed by atoms with Gasteiger partial charge in [-0.3, -0.25) is 0 Å². The second-order valence-electron chi connectivity index (χ2n) is 4.26. The molecule has 0 spiro atoms. The van der Waals surface area contributed by atoms with Crippen LogP contribution in [0.4, 0.5) is 0 Å². The minimum atomic E-state index is -1.10. The first-order chi connectivity index (χ1) is 5.55. The van der Waals surface area contributed by atoms with E-state index in [9.17, 15) is 0 Å². The highest BCUT2D eigenvalue weighted by Crippen LogP contribution is 2.07. The van der Waals surface area contributed by atoms with E-state index in [1.165, 1.54) is 12.0 Å². The summed E-state index contributed by atoms with van der Waals surface area (Å²) in [4.78, 5) is 0. The zero-order chi connectivity index (χ0) is 9.19. The summed E-state index contributed by atoms with van der Waals surface area (Å²) in [5.41, 5.74) is 1.54. The molecule has 0 saturated heterocycles. The predicted molar refractivity (Wildman–Crippen MR) is 58.8 cm³/mol. The number of hydrogen-bond acceptors (Lipinski definition) is 0. The molecule has 0 atom stereocenters. The number of aryl methyl sites for hydroxylation is 1. The topological polar surface area (TPSA) is 0 Å². The second kappa shape index (κ2) is 3.44. The van der Waals surface area contributed by atoms with Crippen LogP contribution < -0.4 is 5.19 Å². The summed E-state index contributed by atoms with van der Waals surface area (Å²) >= 11 is 0. The van der Waals surface area contributed by atoms with Crippen molar-refractivity contribution in [3.05, 3.63) is 29.8 Å². The first-order valence-corrected chi connectivity index (χ1v) is 8.14. The second-order valence-corrected chi connectivity index (χ2v) is 9.30. The predicted octanol–water partition coefficient (Wildman–Crippen LogP) is 2.79. The first kappa shape index (κ1) is 9.52. The Balaban J connectivity index is 3.14. The highest BCUT2D eigenvalue weighted by molar-refractivity contribution is 6.89. The van der Waals surface area contributed by atoms with E-state index in [2.05, 4.69) is 50.8 Å². The van der Waals surface area contributed by atoms with Crippen molar-refractivity contribution in [2.75, 3.05) is 0 Å². The van der Waals surface area contributed by atoms with Crippen molar-refractivity contribution >= 4 is 13.3 Å². The molecule has 0 heterocycles. The first-order valence-electron chi connectivity index (χ1n) is 4.64. The van der Waals surface area contributed by atoms with E-state index >= 15 is 0 Å². The molecule has 66 valence electrons. The van der Waals surface area contributed by atoms with Crippen LogP contribution in [0.25, 0.3) is 0 Å². The van der Waals surface area contributed by atoms with Gasteiger partial charge in [0, 0.05) is 0 Å². The van der Waals surface area contributed by atoms with Crippen molar-refractivity contribution in [2.45, 2.75) is 33.0 Å². The minimum absolute atomic E-state index is 1.10. The summed E-state index contributed by atoms with van der Waals surface area (Å²) in [5.74, 6) is 0. The van der Waals surface area contributed by atoms with Crippen molar-refractivity contribution in [3.8, 4) is 0 Å². The molecule has 0 aliphatic heterocycles. The molecule has 0 fully saturated rings. The van der Waals surface area contributed by atoms with E-state index in [1.54, 1.807) is 5.19 Å². The van der Waals surface area contributed by atoms with Crippen molar-refractivity contribution in [1.29, 1.82) is 0 Å². The van der Waals surface area contributed by atoms with E-state index in [0.29, 0.717) is 0 Å². The molecule has 12 heavy (non-hydrogen) atoms. The zero-order valence-electron chi connectivity index (χ0n) is 8.52. The van der Waals surface area contributed by atoms with Gasteiger partial charge in [-0.25, -0.2) is 0 Å². The molecule has 0 unspecified atom stereocenters. The minimum Gasteiger partial charge on any atom is -0.0656 e. The van der Waals surface area contributed by atoms with E-state index in [-0.39, 0.29) is 0 Å². The van der Waals surface area contributed by atoms with Crippen LogP contribution in [-0.2, 0) is 6.42 Å². The SMILES string of the molecule is CCc1ccccc1[Si](C)(C)C. The standard InChI is InChI=1S/C11H18Si/c1-5-10-8-6-7-9-11(10)12(2,3)4/h6-9H,5H2,1-4H3. The monoisotopic (exact) mass is 178 g/mol. The lowest BCUT2D eigenvalue weighted by atomic mass is 10.2. The molecule has 1 aromatic carbocycles. The molecular formula is C11H18Si. The van der Waals surface area contributed by atoms with Gasteiger partial charge in [0.15, 0.2) is 0 Å². The summed E-state index contributed by atoms with van der Waals surface area (Å²) in [5, 5.41) is 1.62. The molecule has 1 rings (SSSR count). The van der Waals surface area contributed by atoms with E-state index in [1.807, 2.05) is 0 Å². The van der Waals surface area contributed by atoms with E-state index in [4.69, 9.17) is 0 Å². The Morgan fingerprint density at radius 2 is 1.67 bits per heavy atom. The molecule has 0 amide bonds. The Hall–Kier alpha value is -0.563. The van der Waals surface area contributed by atoms with Crippen LogP contribution in [0.3, 0.4) is 0 Å². The Bertz CT molecular complexity index is 258. The molecule has 0 aliphatic carbocycles. The van der Waals surface area contributed by atoms with Gasteiger partial charge in [0.1, 0.15) is 0 Å². The van der Waals surface area contributed by atoms with Gasteiger partial charge in [-0.1, -0.05) is 56.0 Å². The van der Waals surface area contributed by atoms with Gasteiger partial charge in [0.25, 0.3) is 0 Å². The van der Waals surface area contributed by atoms with Crippen molar-refractivity contribution in [2.24, 2.45) is 0 Å². The molecule has 0 aliphatic rings. The number of hydrogen-bond donors (Lipinski definition) is 0. The summed E-state index contributed by atoms with van der Waals surface area (Å²) < 4.78 is 0. The number of rotatable bonds is 2. The van der Waals surface area contributed by atoms with Crippen LogP contribution >= 0.6 is 0 Å². The maximum absolute atomic E-state index is 2.40. The lowest BCUT2D eigenvalue weighted by Crippen LogP contribution is -2.39. The van der Waals surface area contributed by atoms with Crippen molar-refractivity contribution < 1.29 is 0 Å². The smallest absolute Gasteiger partial charge is 0.0656 e. The molecule has 0 aromatic heterocycles. The molecule has 0 N–H and O–H groups in total. The van der Waals surface area contributed by atoms with Gasteiger partial charge in [-0.2, -0.15) is 0 Å². The Labute approximate surface area is 76.6 Å². The zero-order valence-corrected chi connectivity index (χ0v) is 9.52. The Kier molecular flexibility index (Phi) is 2.73. The van der Waals surface area contributed by atoms with Gasteiger partial charge >= 0.3 is 0 Å². The average molecular weight is 178 g/mol. The maximum Gasteiger partial charge on any atom is 0.0779 e. The van der Waals surface area contributed by atoms with E-state index in [0.717, 1.165) is 0 Å². The summed E-state index contributed by atoms with van der Waals surface area (Å²) in [7, 11) is -1.10. The van der Waals surface area contributed by atoms with Crippen molar-refractivity contribution in [1.82, 2.24) is 0 Å². The maximum atomic E-state index is 2.40. The molecule has 0 nitrogen and oxygen atoms in total. The Morgan fingerprint density at radius 1 is 1.08 bits per heavy atom. The van der Waals surface area contributed by atoms with Crippen LogP contribution in [0, 0.1) is 0 Å².